The van der Waals surface area contributed by atoms with Crippen molar-refractivity contribution in [2.45, 2.75) is 12.3 Å². The first-order valence-electron chi connectivity index (χ1n) is 6.42. The average Bonchev–Trinajstić information content (AvgIpc) is 2.80. The van der Waals surface area contributed by atoms with Gasteiger partial charge >= 0.3 is 0 Å². The Morgan fingerprint density at radius 3 is 1.84 bits per heavy atom. The van der Waals surface area contributed by atoms with Crippen LogP contribution in [-0.2, 0) is 0 Å². The van der Waals surface area contributed by atoms with Gasteiger partial charge in [0.1, 0.15) is 0 Å². The van der Waals surface area contributed by atoms with E-state index in [4.69, 9.17) is 0 Å². The summed E-state index contributed by atoms with van der Waals surface area (Å²) in [4.78, 5) is 1.75. The molecule has 19 heavy (non-hydrogen) atoms. The Labute approximate surface area is 111 Å². The molecule has 1 fully saturated rings. The van der Waals surface area contributed by atoms with Crippen LogP contribution in [0.3, 0.4) is 0 Å². The lowest BCUT2D eigenvalue weighted by Crippen LogP contribution is -2.19. The summed E-state index contributed by atoms with van der Waals surface area (Å²) in [6.07, 6.45) is -2.73. The van der Waals surface area contributed by atoms with Crippen molar-refractivity contribution in [2.24, 2.45) is 0 Å². The number of alkyl halides is 2. The van der Waals surface area contributed by atoms with Gasteiger partial charge in [-0.3, -0.25) is 0 Å². The smallest absolute Gasteiger partial charge is 0.150 e. The molecule has 1 aliphatic rings. The minimum Gasteiger partial charge on any atom is -0.365 e. The van der Waals surface area contributed by atoms with Crippen LogP contribution in [0.25, 0.3) is 11.1 Å². The van der Waals surface area contributed by atoms with Crippen molar-refractivity contribution in [2.75, 3.05) is 18.0 Å². The summed E-state index contributed by atoms with van der Waals surface area (Å²) in [5.41, 5.74) is 3.13. The fourth-order valence-electron chi connectivity index (χ4n) is 2.43. The number of hydrogen-bond acceptors (Lipinski definition) is 1. The van der Waals surface area contributed by atoms with Crippen molar-refractivity contribution in [1.29, 1.82) is 0 Å². The van der Waals surface area contributed by atoms with E-state index in [1.54, 1.807) is 4.90 Å². The summed E-state index contributed by atoms with van der Waals surface area (Å²) < 4.78 is 26.4. The number of hydrogen-bond donors (Lipinski definition) is 0. The quantitative estimate of drug-likeness (QED) is 0.791. The largest absolute Gasteiger partial charge is 0.365 e. The molecule has 2 aromatic rings. The molecule has 0 radical (unpaired) electrons. The Hall–Kier alpha value is -1.90. The Bertz CT molecular complexity index is 528. The third kappa shape index (κ3) is 2.46. The molecule has 2 atom stereocenters. The zero-order valence-electron chi connectivity index (χ0n) is 10.5. The normalized spacial score (nSPS) is 22.7. The predicted octanol–water partition coefficient (Wildman–Crippen LogP) is 3.85. The van der Waals surface area contributed by atoms with Gasteiger partial charge in [0, 0.05) is 5.69 Å². The lowest BCUT2D eigenvalue weighted by Gasteiger charge is -2.17. The van der Waals surface area contributed by atoms with E-state index in [9.17, 15) is 8.78 Å². The number of nitrogens with zero attached hydrogens (tertiary/aromatic N) is 1. The van der Waals surface area contributed by atoms with Crippen LogP contribution in [0.1, 0.15) is 0 Å². The first kappa shape index (κ1) is 12.2. The van der Waals surface area contributed by atoms with Crippen LogP contribution in [0.15, 0.2) is 54.6 Å². The summed E-state index contributed by atoms with van der Waals surface area (Å²) >= 11 is 0. The van der Waals surface area contributed by atoms with Gasteiger partial charge in [-0.05, 0) is 23.3 Å². The molecule has 0 aliphatic carbocycles. The molecular weight excluding hydrogens is 244 g/mol. The van der Waals surface area contributed by atoms with Gasteiger partial charge < -0.3 is 4.90 Å². The van der Waals surface area contributed by atoms with Crippen LogP contribution < -0.4 is 4.90 Å². The van der Waals surface area contributed by atoms with E-state index >= 15 is 0 Å². The van der Waals surface area contributed by atoms with Crippen molar-refractivity contribution in [3.8, 4) is 11.1 Å². The Kier molecular flexibility index (Phi) is 3.20. The SMILES string of the molecule is F[C@@H]1CN(c2ccc(-c3ccccc3)cc2)C[C@H]1F. The zero-order chi connectivity index (χ0) is 13.2. The molecule has 0 amide bonds. The highest BCUT2D eigenvalue weighted by Crippen LogP contribution is 2.27. The number of rotatable bonds is 2. The molecule has 2 aromatic carbocycles. The van der Waals surface area contributed by atoms with E-state index in [1.165, 1.54) is 0 Å². The van der Waals surface area contributed by atoms with Crippen LogP contribution in [0.4, 0.5) is 14.5 Å². The van der Waals surface area contributed by atoms with E-state index in [0.29, 0.717) is 0 Å². The third-order valence-corrected chi connectivity index (χ3v) is 3.52. The van der Waals surface area contributed by atoms with Crippen LogP contribution >= 0.6 is 0 Å². The molecule has 0 N–H and O–H groups in total. The van der Waals surface area contributed by atoms with Gasteiger partial charge in [0.25, 0.3) is 0 Å². The second kappa shape index (κ2) is 5.00. The molecule has 98 valence electrons. The third-order valence-electron chi connectivity index (χ3n) is 3.52. The summed E-state index contributed by atoms with van der Waals surface area (Å²) in [7, 11) is 0. The van der Waals surface area contributed by atoms with E-state index < -0.39 is 12.3 Å². The van der Waals surface area contributed by atoms with Crippen molar-refractivity contribution in [1.82, 2.24) is 0 Å². The van der Waals surface area contributed by atoms with E-state index in [1.807, 2.05) is 54.6 Å². The molecule has 1 aliphatic heterocycles. The summed E-state index contributed by atoms with van der Waals surface area (Å²) in [6.45, 7) is 0.289. The molecule has 0 aromatic heterocycles. The van der Waals surface area contributed by atoms with Crippen molar-refractivity contribution >= 4 is 5.69 Å². The average molecular weight is 259 g/mol. The lowest BCUT2D eigenvalue weighted by atomic mass is 10.1. The molecular formula is C16H15F2N. The second-order valence-electron chi connectivity index (χ2n) is 4.85. The first-order valence-corrected chi connectivity index (χ1v) is 6.42. The highest BCUT2D eigenvalue weighted by atomic mass is 19.2. The van der Waals surface area contributed by atoms with Gasteiger partial charge in [0.2, 0.25) is 0 Å². The zero-order valence-corrected chi connectivity index (χ0v) is 10.5. The first-order chi connectivity index (χ1) is 9.24. The van der Waals surface area contributed by atoms with Crippen LogP contribution in [0.2, 0.25) is 0 Å². The Balaban J connectivity index is 1.80. The molecule has 0 saturated carbocycles. The Morgan fingerprint density at radius 1 is 0.737 bits per heavy atom. The van der Waals surface area contributed by atoms with Crippen molar-refractivity contribution in [3.63, 3.8) is 0 Å². The molecule has 0 unspecified atom stereocenters. The molecule has 1 saturated heterocycles. The highest BCUT2D eigenvalue weighted by Gasteiger charge is 2.32. The Morgan fingerprint density at radius 2 is 1.26 bits per heavy atom. The monoisotopic (exact) mass is 259 g/mol. The predicted molar refractivity (Wildman–Crippen MR) is 73.9 cm³/mol. The molecule has 3 rings (SSSR count). The van der Waals surface area contributed by atoms with Gasteiger partial charge in [0.15, 0.2) is 12.3 Å². The van der Waals surface area contributed by atoms with Crippen LogP contribution in [-0.4, -0.2) is 25.4 Å². The van der Waals surface area contributed by atoms with E-state index in [2.05, 4.69) is 0 Å². The second-order valence-corrected chi connectivity index (χ2v) is 4.85. The summed E-state index contributed by atoms with van der Waals surface area (Å²) in [5.74, 6) is 0. The molecule has 0 bridgehead atoms. The van der Waals surface area contributed by atoms with Gasteiger partial charge in [-0.2, -0.15) is 0 Å². The summed E-state index contributed by atoms with van der Waals surface area (Å²) in [6, 6.07) is 17.9. The van der Waals surface area contributed by atoms with E-state index in [-0.39, 0.29) is 13.1 Å². The molecule has 0 spiro atoms. The molecule has 3 heteroatoms. The molecule has 1 heterocycles. The van der Waals surface area contributed by atoms with Crippen LogP contribution in [0, 0.1) is 0 Å². The van der Waals surface area contributed by atoms with Gasteiger partial charge in [-0.15, -0.1) is 0 Å². The van der Waals surface area contributed by atoms with Crippen LogP contribution in [0.5, 0.6) is 0 Å². The molecule has 1 nitrogen and oxygen atoms in total. The van der Waals surface area contributed by atoms with Crippen molar-refractivity contribution < 1.29 is 8.78 Å². The minimum absolute atomic E-state index is 0.145. The lowest BCUT2D eigenvalue weighted by molar-refractivity contribution is 0.217. The fourth-order valence-corrected chi connectivity index (χ4v) is 2.43. The fraction of sp³-hybridized carbons (Fsp3) is 0.250. The highest BCUT2D eigenvalue weighted by molar-refractivity contribution is 5.66. The van der Waals surface area contributed by atoms with Crippen molar-refractivity contribution in [3.05, 3.63) is 54.6 Å². The maximum Gasteiger partial charge on any atom is 0.150 e. The number of anilines is 1. The topological polar surface area (TPSA) is 3.24 Å². The maximum absolute atomic E-state index is 13.2. The minimum atomic E-state index is -1.37. The maximum atomic E-state index is 13.2. The summed E-state index contributed by atoms with van der Waals surface area (Å²) in [5, 5.41) is 0. The van der Waals surface area contributed by atoms with Gasteiger partial charge in [-0.1, -0.05) is 42.5 Å². The number of halogens is 2. The van der Waals surface area contributed by atoms with E-state index in [0.717, 1.165) is 16.8 Å². The van der Waals surface area contributed by atoms with Gasteiger partial charge in [-0.25, -0.2) is 8.78 Å². The van der Waals surface area contributed by atoms with Gasteiger partial charge in [0.05, 0.1) is 13.1 Å². The standard InChI is InChI=1S/C16H15F2N/c17-15-10-19(11-16(15)18)14-8-6-13(7-9-14)12-4-2-1-3-5-12/h1-9,15-16H,10-11H2/t15-,16-/m1/s1. The number of benzene rings is 2.